The van der Waals surface area contributed by atoms with Crippen molar-refractivity contribution in [3.63, 3.8) is 0 Å². The van der Waals surface area contributed by atoms with Gasteiger partial charge in [-0.1, -0.05) is 11.8 Å². The summed E-state index contributed by atoms with van der Waals surface area (Å²) in [7, 11) is 0. The first-order valence-corrected chi connectivity index (χ1v) is 5.90. The molecule has 100 valence electrons. The Morgan fingerprint density at radius 2 is 2.25 bits per heavy atom. The van der Waals surface area contributed by atoms with Crippen LogP contribution in [0.25, 0.3) is 0 Å². The number of hydrogen-bond acceptors (Lipinski definition) is 3. The first-order valence-electron chi connectivity index (χ1n) is 5.90. The van der Waals surface area contributed by atoms with E-state index in [4.69, 9.17) is 5.73 Å². The molecule has 1 amide bonds. The molecule has 2 aromatic rings. The number of anilines is 1. The average molecular weight is 269 g/mol. The van der Waals surface area contributed by atoms with Crippen LogP contribution in [-0.4, -0.2) is 17.4 Å². The number of aromatic nitrogens is 1. The van der Waals surface area contributed by atoms with E-state index in [-0.39, 0.29) is 12.1 Å². The van der Waals surface area contributed by atoms with Gasteiger partial charge in [-0.2, -0.15) is 0 Å². The Balaban J connectivity index is 2.31. The summed E-state index contributed by atoms with van der Waals surface area (Å²) >= 11 is 0. The number of hydrogen-bond donors (Lipinski definition) is 2. The number of halogens is 1. The number of rotatable bonds is 2. The summed E-state index contributed by atoms with van der Waals surface area (Å²) in [4.78, 5) is 16.0. The van der Waals surface area contributed by atoms with E-state index in [0.717, 1.165) is 6.07 Å². The maximum atomic E-state index is 13.3. The highest BCUT2D eigenvalue weighted by Crippen LogP contribution is 2.13. The van der Waals surface area contributed by atoms with E-state index < -0.39 is 11.7 Å². The predicted molar refractivity (Wildman–Crippen MR) is 74.5 cm³/mol. The largest absolute Gasteiger partial charge is 0.321 e. The van der Waals surface area contributed by atoms with Gasteiger partial charge in [-0.25, -0.2) is 4.39 Å². The number of carbonyl (C=O) groups is 1. The number of pyridine rings is 1. The number of nitrogens with two attached hydrogens (primary N) is 1. The lowest BCUT2D eigenvalue weighted by molar-refractivity contribution is 0.102. The molecule has 2 rings (SSSR count). The van der Waals surface area contributed by atoms with Crippen LogP contribution < -0.4 is 11.1 Å². The molecular formula is C15H12FN3O. The molecular weight excluding hydrogens is 257 g/mol. The van der Waals surface area contributed by atoms with Crippen molar-refractivity contribution in [1.82, 2.24) is 4.98 Å². The Morgan fingerprint density at radius 3 is 2.95 bits per heavy atom. The van der Waals surface area contributed by atoms with Crippen molar-refractivity contribution < 1.29 is 9.18 Å². The van der Waals surface area contributed by atoms with Gasteiger partial charge in [-0.15, -0.1) is 0 Å². The highest BCUT2D eigenvalue weighted by Gasteiger charge is 2.12. The second-order valence-corrected chi connectivity index (χ2v) is 3.89. The Bertz CT molecular complexity index is 675. The zero-order valence-corrected chi connectivity index (χ0v) is 10.6. The number of nitrogens with zero attached hydrogens (tertiary/aromatic N) is 1. The quantitative estimate of drug-likeness (QED) is 0.817. The van der Waals surface area contributed by atoms with E-state index in [9.17, 15) is 9.18 Å². The van der Waals surface area contributed by atoms with E-state index >= 15 is 0 Å². The fraction of sp³-hybridized carbons (Fsp3) is 0.0667. The minimum atomic E-state index is -0.500. The van der Waals surface area contributed by atoms with Crippen molar-refractivity contribution in [2.45, 2.75) is 0 Å². The van der Waals surface area contributed by atoms with Crippen LogP contribution in [0.15, 0.2) is 42.7 Å². The molecule has 0 spiro atoms. The topological polar surface area (TPSA) is 68.0 Å². The van der Waals surface area contributed by atoms with E-state index in [1.807, 2.05) is 0 Å². The van der Waals surface area contributed by atoms with Crippen molar-refractivity contribution in [3.8, 4) is 11.8 Å². The highest BCUT2D eigenvalue weighted by atomic mass is 19.1. The number of nitrogens with one attached hydrogen (secondary N) is 1. The van der Waals surface area contributed by atoms with Crippen LogP contribution in [0.5, 0.6) is 0 Å². The van der Waals surface area contributed by atoms with Crippen LogP contribution in [0.1, 0.15) is 15.9 Å². The second-order valence-electron chi connectivity index (χ2n) is 3.89. The van der Waals surface area contributed by atoms with Crippen molar-refractivity contribution in [3.05, 3.63) is 59.7 Å². The molecule has 4 nitrogen and oxygen atoms in total. The van der Waals surface area contributed by atoms with Gasteiger partial charge in [0.05, 0.1) is 24.0 Å². The normalized spacial score (nSPS) is 9.50. The zero-order chi connectivity index (χ0) is 14.4. The smallest absolute Gasteiger partial charge is 0.257 e. The van der Waals surface area contributed by atoms with Crippen molar-refractivity contribution in [1.29, 1.82) is 0 Å². The molecule has 5 heteroatoms. The molecule has 0 bridgehead atoms. The van der Waals surface area contributed by atoms with Crippen LogP contribution in [-0.2, 0) is 0 Å². The van der Waals surface area contributed by atoms with E-state index in [2.05, 4.69) is 22.1 Å². The summed E-state index contributed by atoms with van der Waals surface area (Å²) in [6.45, 7) is 0.168. The minimum Gasteiger partial charge on any atom is -0.321 e. The molecule has 0 unspecified atom stereocenters. The summed E-state index contributed by atoms with van der Waals surface area (Å²) in [6.07, 6.45) is 3.10. The maximum absolute atomic E-state index is 13.3. The van der Waals surface area contributed by atoms with Gasteiger partial charge >= 0.3 is 0 Å². The lowest BCUT2D eigenvalue weighted by Crippen LogP contribution is -2.14. The molecule has 0 fully saturated rings. The molecule has 0 saturated carbocycles. The minimum absolute atomic E-state index is 0.162. The summed E-state index contributed by atoms with van der Waals surface area (Å²) in [6, 6.07) is 7.23. The monoisotopic (exact) mass is 269 g/mol. The third-order valence-corrected chi connectivity index (χ3v) is 2.47. The van der Waals surface area contributed by atoms with Gasteiger partial charge in [-0.05, 0) is 30.3 Å². The molecule has 0 atom stereocenters. The average Bonchev–Trinajstić information content (AvgIpc) is 2.47. The molecule has 20 heavy (non-hydrogen) atoms. The van der Waals surface area contributed by atoms with Crippen LogP contribution in [0, 0.1) is 17.7 Å². The molecule has 1 aromatic heterocycles. The van der Waals surface area contributed by atoms with Gasteiger partial charge in [0.2, 0.25) is 0 Å². The molecule has 0 radical (unpaired) electrons. The maximum Gasteiger partial charge on any atom is 0.257 e. The van der Waals surface area contributed by atoms with Crippen molar-refractivity contribution in [2.24, 2.45) is 5.73 Å². The van der Waals surface area contributed by atoms with Gasteiger partial charge in [0.1, 0.15) is 5.82 Å². The molecule has 0 aliphatic carbocycles. The Kier molecular flexibility index (Phi) is 4.43. The predicted octanol–water partition coefficient (Wildman–Crippen LogP) is 1.78. The van der Waals surface area contributed by atoms with E-state index in [0.29, 0.717) is 11.3 Å². The fourth-order valence-corrected chi connectivity index (χ4v) is 1.59. The van der Waals surface area contributed by atoms with Gasteiger partial charge in [-0.3, -0.25) is 9.78 Å². The Labute approximate surface area is 115 Å². The highest BCUT2D eigenvalue weighted by molar-refractivity contribution is 6.05. The van der Waals surface area contributed by atoms with Crippen LogP contribution in [0.2, 0.25) is 0 Å². The third-order valence-electron chi connectivity index (χ3n) is 2.47. The first kappa shape index (κ1) is 13.7. The van der Waals surface area contributed by atoms with Gasteiger partial charge in [0.25, 0.3) is 5.91 Å². The fourth-order valence-electron chi connectivity index (χ4n) is 1.59. The summed E-state index contributed by atoms with van der Waals surface area (Å²) in [5, 5.41) is 2.64. The summed E-state index contributed by atoms with van der Waals surface area (Å²) < 4.78 is 13.3. The van der Waals surface area contributed by atoms with E-state index in [1.54, 1.807) is 18.3 Å². The molecule has 0 saturated heterocycles. The summed E-state index contributed by atoms with van der Waals surface area (Å²) in [5.41, 5.74) is 6.42. The van der Waals surface area contributed by atoms with Crippen LogP contribution in [0.3, 0.4) is 0 Å². The molecule has 3 N–H and O–H groups in total. The SMILES string of the molecule is NCC#Cc1ccc(F)cc1C(=O)Nc1cccnc1. The van der Waals surface area contributed by atoms with Crippen molar-refractivity contribution >= 4 is 11.6 Å². The first-order chi connectivity index (χ1) is 9.70. The second kappa shape index (κ2) is 6.45. The lowest BCUT2D eigenvalue weighted by atomic mass is 10.1. The van der Waals surface area contributed by atoms with Crippen LogP contribution in [0.4, 0.5) is 10.1 Å². The van der Waals surface area contributed by atoms with Crippen LogP contribution >= 0.6 is 0 Å². The molecule has 1 heterocycles. The number of benzene rings is 1. The molecule has 0 aliphatic rings. The Hall–Kier alpha value is -2.71. The van der Waals surface area contributed by atoms with Gasteiger partial charge in [0.15, 0.2) is 0 Å². The molecule has 0 aliphatic heterocycles. The lowest BCUT2D eigenvalue weighted by Gasteiger charge is -2.06. The third kappa shape index (κ3) is 3.40. The van der Waals surface area contributed by atoms with Crippen molar-refractivity contribution in [2.75, 3.05) is 11.9 Å². The number of amides is 1. The zero-order valence-electron chi connectivity index (χ0n) is 10.6. The van der Waals surface area contributed by atoms with Gasteiger partial charge < -0.3 is 11.1 Å². The molecule has 1 aromatic carbocycles. The van der Waals surface area contributed by atoms with E-state index in [1.165, 1.54) is 18.3 Å². The Morgan fingerprint density at radius 1 is 1.40 bits per heavy atom. The van der Waals surface area contributed by atoms with Gasteiger partial charge in [0, 0.05) is 11.8 Å². The standard InChI is InChI=1S/C15H12FN3O/c16-12-6-5-11(3-1-7-17)14(9-12)15(20)19-13-4-2-8-18-10-13/h2,4-6,8-10H,7,17H2,(H,19,20). The number of carbonyl (C=O) groups excluding carboxylic acids is 1. The summed E-state index contributed by atoms with van der Waals surface area (Å²) in [5.74, 6) is 4.45.